The summed E-state index contributed by atoms with van der Waals surface area (Å²) in [5.41, 5.74) is 4.58. The highest BCUT2D eigenvalue weighted by Gasteiger charge is 2.14. The van der Waals surface area contributed by atoms with Crippen LogP contribution in [0.5, 0.6) is 0 Å². The van der Waals surface area contributed by atoms with Crippen LogP contribution in [-0.4, -0.2) is 9.97 Å². The van der Waals surface area contributed by atoms with Gasteiger partial charge in [0.15, 0.2) is 0 Å². The summed E-state index contributed by atoms with van der Waals surface area (Å²) in [4.78, 5) is 8.12. The number of hydrogen-bond acceptors (Lipinski definition) is 4. The minimum atomic E-state index is -0.362. The molecule has 0 aliphatic rings. The summed E-state index contributed by atoms with van der Waals surface area (Å²) in [7, 11) is 0. The number of halogens is 1. The maximum atomic E-state index is 13.5. The summed E-state index contributed by atoms with van der Waals surface area (Å²) in [6, 6.07) is 4.62. The summed E-state index contributed by atoms with van der Waals surface area (Å²) >= 11 is 0. The largest absolute Gasteiger partial charge is 0.271 e. The lowest BCUT2D eigenvalue weighted by molar-refractivity contribution is 0.591. The topological polar surface area (TPSA) is 63.8 Å². The van der Waals surface area contributed by atoms with Crippen molar-refractivity contribution in [1.29, 1.82) is 0 Å². The highest BCUT2D eigenvalue weighted by Crippen LogP contribution is 2.20. The highest BCUT2D eigenvalue weighted by atomic mass is 19.1. The first kappa shape index (κ1) is 11.6. The summed E-state index contributed by atoms with van der Waals surface area (Å²) in [6.07, 6.45) is 4.75. The van der Waals surface area contributed by atoms with E-state index >= 15 is 0 Å². The highest BCUT2D eigenvalue weighted by molar-refractivity contribution is 5.30. The monoisotopic (exact) mass is 232 g/mol. The quantitative estimate of drug-likeness (QED) is 0.621. The van der Waals surface area contributed by atoms with E-state index in [0.29, 0.717) is 11.3 Å². The second kappa shape index (κ2) is 4.99. The number of nitrogens with two attached hydrogens (primary N) is 1. The van der Waals surface area contributed by atoms with E-state index in [0.717, 1.165) is 5.56 Å². The third kappa shape index (κ3) is 2.46. The van der Waals surface area contributed by atoms with Crippen molar-refractivity contribution in [3.05, 3.63) is 59.4 Å². The van der Waals surface area contributed by atoms with E-state index in [2.05, 4.69) is 15.4 Å². The molecule has 0 spiro atoms. The average molecular weight is 232 g/mol. The molecule has 2 aromatic rings. The second-order valence-electron chi connectivity index (χ2n) is 3.74. The minimum Gasteiger partial charge on any atom is -0.271 e. The second-order valence-corrected chi connectivity index (χ2v) is 3.74. The van der Waals surface area contributed by atoms with Crippen LogP contribution in [0.15, 0.2) is 36.8 Å². The average Bonchev–Trinajstić information content (AvgIpc) is 2.36. The van der Waals surface area contributed by atoms with Gasteiger partial charge in [0.25, 0.3) is 0 Å². The molecule has 0 fully saturated rings. The van der Waals surface area contributed by atoms with Crippen molar-refractivity contribution in [3.8, 4) is 0 Å². The van der Waals surface area contributed by atoms with Crippen molar-refractivity contribution in [3.63, 3.8) is 0 Å². The van der Waals surface area contributed by atoms with Crippen LogP contribution < -0.4 is 11.3 Å². The first-order valence-electron chi connectivity index (χ1n) is 5.20. The number of aromatic nitrogens is 2. The van der Waals surface area contributed by atoms with Crippen LogP contribution >= 0.6 is 0 Å². The number of hydrogen-bond donors (Lipinski definition) is 2. The van der Waals surface area contributed by atoms with E-state index in [9.17, 15) is 4.39 Å². The van der Waals surface area contributed by atoms with Gasteiger partial charge in [0.2, 0.25) is 0 Å². The molecule has 1 aromatic heterocycles. The Balaban J connectivity index is 2.39. The molecular formula is C12H13FN4. The Kier molecular flexibility index (Phi) is 3.41. The molecule has 0 amide bonds. The summed E-state index contributed by atoms with van der Waals surface area (Å²) < 4.78 is 13.5. The Morgan fingerprint density at radius 2 is 2.18 bits per heavy atom. The number of rotatable bonds is 3. The van der Waals surface area contributed by atoms with E-state index in [1.54, 1.807) is 31.6 Å². The van der Waals surface area contributed by atoms with Crippen LogP contribution in [0.2, 0.25) is 0 Å². The van der Waals surface area contributed by atoms with Gasteiger partial charge in [-0.1, -0.05) is 12.1 Å². The minimum absolute atomic E-state index is 0.258. The van der Waals surface area contributed by atoms with Crippen LogP contribution in [0.4, 0.5) is 4.39 Å². The van der Waals surface area contributed by atoms with Crippen LogP contribution in [0.25, 0.3) is 0 Å². The zero-order chi connectivity index (χ0) is 12.3. The van der Waals surface area contributed by atoms with Gasteiger partial charge in [-0.15, -0.1) is 0 Å². The molecule has 1 atom stereocenters. The first-order chi connectivity index (χ1) is 8.22. The van der Waals surface area contributed by atoms with E-state index in [4.69, 9.17) is 5.84 Å². The molecule has 5 heteroatoms. The van der Waals surface area contributed by atoms with Crippen molar-refractivity contribution in [2.24, 2.45) is 5.84 Å². The van der Waals surface area contributed by atoms with Gasteiger partial charge in [-0.3, -0.25) is 15.8 Å². The maximum absolute atomic E-state index is 13.5. The van der Waals surface area contributed by atoms with Crippen molar-refractivity contribution >= 4 is 0 Å². The predicted octanol–water partition coefficient (Wildman–Crippen LogP) is 1.48. The zero-order valence-corrected chi connectivity index (χ0v) is 9.39. The molecular weight excluding hydrogens is 219 g/mol. The number of benzene rings is 1. The van der Waals surface area contributed by atoms with Gasteiger partial charge in [0.1, 0.15) is 5.82 Å². The van der Waals surface area contributed by atoms with Gasteiger partial charge in [-0.25, -0.2) is 9.82 Å². The third-order valence-corrected chi connectivity index (χ3v) is 2.57. The molecule has 0 saturated heterocycles. The number of aryl methyl sites for hydroxylation is 1. The molecule has 0 radical (unpaired) electrons. The van der Waals surface area contributed by atoms with Crippen molar-refractivity contribution in [1.82, 2.24) is 15.4 Å². The maximum Gasteiger partial charge on any atom is 0.126 e. The van der Waals surface area contributed by atoms with E-state index in [-0.39, 0.29) is 11.9 Å². The Hall–Kier alpha value is -1.85. The Morgan fingerprint density at radius 1 is 1.35 bits per heavy atom. The van der Waals surface area contributed by atoms with Crippen LogP contribution in [-0.2, 0) is 0 Å². The van der Waals surface area contributed by atoms with Crippen molar-refractivity contribution in [2.75, 3.05) is 0 Å². The van der Waals surface area contributed by atoms with Gasteiger partial charge >= 0.3 is 0 Å². The molecule has 1 aromatic carbocycles. The fourth-order valence-corrected chi connectivity index (χ4v) is 1.60. The number of nitrogens with zero attached hydrogens (tertiary/aromatic N) is 2. The fourth-order valence-electron chi connectivity index (χ4n) is 1.60. The molecule has 0 saturated carbocycles. The molecule has 2 rings (SSSR count). The molecule has 88 valence electrons. The Bertz CT molecular complexity index is 501. The summed E-state index contributed by atoms with van der Waals surface area (Å²) in [5, 5.41) is 0. The van der Waals surface area contributed by atoms with E-state index in [1.165, 1.54) is 6.07 Å². The van der Waals surface area contributed by atoms with Gasteiger partial charge < -0.3 is 0 Å². The molecule has 0 bridgehead atoms. The molecule has 1 unspecified atom stereocenters. The van der Waals surface area contributed by atoms with Crippen LogP contribution in [0.3, 0.4) is 0 Å². The first-order valence-corrected chi connectivity index (χ1v) is 5.20. The summed E-state index contributed by atoms with van der Waals surface area (Å²) in [5.74, 6) is 5.23. The Labute approximate surface area is 98.7 Å². The van der Waals surface area contributed by atoms with Crippen LogP contribution in [0.1, 0.15) is 22.9 Å². The lowest BCUT2D eigenvalue weighted by Gasteiger charge is -2.15. The zero-order valence-electron chi connectivity index (χ0n) is 9.39. The molecule has 3 N–H and O–H groups in total. The van der Waals surface area contributed by atoms with Crippen LogP contribution in [0, 0.1) is 12.7 Å². The third-order valence-electron chi connectivity index (χ3n) is 2.57. The smallest absolute Gasteiger partial charge is 0.126 e. The number of nitrogens with one attached hydrogen (secondary N) is 1. The van der Waals surface area contributed by atoms with Crippen molar-refractivity contribution < 1.29 is 4.39 Å². The lowest BCUT2D eigenvalue weighted by Crippen LogP contribution is -2.29. The van der Waals surface area contributed by atoms with E-state index < -0.39 is 0 Å². The normalized spacial score (nSPS) is 12.4. The SMILES string of the molecule is Cc1ccc(C(NN)c2cnccn2)cc1F. The van der Waals surface area contributed by atoms with Gasteiger partial charge in [0, 0.05) is 12.4 Å². The molecule has 1 heterocycles. The predicted molar refractivity (Wildman–Crippen MR) is 62.3 cm³/mol. The summed E-state index contributed by atoms with van der Waals surface area (Å²) in [6.45, 7) is 1.71. The van der Waals surface area contributed by atoms with Gasteiger partial charge in [0.05, 0.1) is 17.9 Å². The number of hydrazine groups is 1. The molecule has 0 aliphatic heterocycles. The lowest BCUT2D eigenvalue weighted by atomic mass is 10.0. The molecule has 17 heavy (non-hydrogen) atoms. The molecule has 4 nitrogen and oxygen atoms in total. The Morgan fingerprint density at radius 3 is 2.76 bits per heavy atom. The van der Waals surface area contributed by atoms with Gasteiger partial charge in [-0.05, 0) is 24.1 Å². The van der Waals surface area contributed by atoms with Crippen molar-refractivity contribution in [2.45, 2.75) is 13.0 Å². The molecule has 0 aliphatic carbocycles. The fraction of sp³-hybridized carbons (Fsp3) is 0.167. The van der Waals surface area contributed by atoms with E-state index in [1.807, 2.05) is 6.07 Å². The standard InChI is InChI=1S/C12H13FN4/c1-8-2-3-9(6-10(8)13)12(17-14)11-7-15-4-5-16-11/h2-7,12,17H,14H2,1H3. The van der Waals surface area contributed by atoms with Gasteiger partial charge in [-0.2, -0.15) is 0 Å².